The molecule has 0 aromatic carbocycles. The number of nitrogens with one attached hydrogen (secondary N) is 1. The van der Waals surface area contributed by atoms with Gasteiger partial charge in [0.25, 0.3) is 5.91 Å². The summed E-state index contributed by atoms with van der Waals surface area (Å²) in [6.45, 7) is 13.1. The van der Waals surface area contributed by atoms with E-state index >= 15 is 0 Å². The minimum atomic E-state index is -0.0907. The van der Waals surface area contributed by atoms with Crippen LogP contribution >= 0.6 is 0 Å². The molecule has 0 fully saturated rings. The van der Waals surface area contributed by atoms with E-state index in [0.717, 1.165) is 30.9 Å². The maximum Gasteiger partial charge on any atom is 0.257 e. The topological polar surface area (TPSA) is 73.0 Å². The lowest BCUT2D eigenvalue weighted by Crippen LogP contribution is -2.41. The molecule has 0 saturated carbocycles. The van der Waals surface area contributed by atoms with Gasteiger partial charge in [0, 0.05) is 36.5 Å². The first-order valence-corrected chi connectivity index (χ1v) is 9.00. The average Bonchev–Trinajstić information content (AvgIpc) is 3.09. The number of aryl methyl sites for hydroxylation is 2. The number of rotatable bonds is 3. The van der Waals surface area contributed by atoms with E-state index < -0.39 is 0 Å². The van der Waals surface area contributed by atoms with Crippen molar-refractivity contribution in [1.29, 1.82) is 0 Å². The van der Waals surface area contributed by atoms with Gasteiger partial charge >= 0.3 is 0 Å². The Hall–Kier alpha value is -2.11. The Morgan fingerprint density at radius 2 is 2.12 bits per heavy atom. The molecule has 6 nitrogen and oxygen atoms in total. The number of hydrogen-bond acceptors (Lipinski definition) is 4. The van der Waals surface area contributed by atoms with Gasteiger partial charge in [-0.3, -0.25) is 4.79 Å². The second-order valence-electron chi connectivity index (χ2n) is 8.32. The largest absolute Gasteiger partial charge is 0.360 e. The van der Waals surface area contributed by atoms with Gasteiger partial charge < -0.3 is 14.4 Å². The van der Waals surface area contributed by atoms with Crippen molar-refractivity contribution in [2.24, 2.45) is 0 Å². The van der Waals surface area contributed by atoms with E-state index in [1.54, 1.807) is 0 Å². The summed E-state index contributed by atoms with van der Waals surface area (Å²) in [7, 11) is 0. The number of fused-ring (bicyclic) bond motifs is 1. The van der Waals surface area contributed by atoms with Crippen LogP contribution in [0.25, 0.3) is 0 Å². The zero-order chi connectivity index (χ0) is 18.4. The van der Waals surface area contributed by atoms with Crippen LogP contribution in [0.3, 0.4) is 0 Å². The van der Waals surface area contributed by atoms with Crippen LogP contribution in [0.1, 0.15) is 80.3 Å². The zero-order valence-electron chi connectivity index (χ0n) is 16.0. The second-order valence-corrected chi connectivity index (χ2v) is 8.32. The molecule has 0 bridgehead atoms. The summed E-state index contributed by atoms with van der Waals surface area (Å²) in [5.74, 6) is 1.80. The Balaban J connectivity index is 1.74. The third-order valence-electron chi connectivity index (χ3n) is 4.74. The molecular weight excluding hydrogens is 316 g/mol. The first-order chi connectivity index (χ1) is 11.7. The van der Waals surface area contributed by atoms with Crippen molar-refractivity contribution in [1.82, 2.24) is 20.0 Å². The molecular formula is C19H28N4O2. The molecule has 0 radical (unpaired) electrons. The van der Waals surface area contributed by atoms with Crippen molar-refractivity contribution in [2.45, 2.75) is 78.3 Å². The number of nitrogens with zero attached hydrogens (tertiary/aromatic N) is 3. The van der Waals surface area contributed by atoms with Crippen molar-refractivity contribution in [2.75, 3.05) is 0 Å². The standard InChI is InChI=1S/C19H28N4O2/c1-11(2)17-16(12(3)22-25-17)18(24)20-13-7-8-15-21-14(19(4,5)6)10-23(15)9-13/h10-11,13H,7-9H2,1-6H3,(H,20,24)/t13-/m1/s1. The van der Waals surface area contributed by atoms with Gasteiger partial charge in [0.1, 0.15) is 11.4 Å². The lowest BCUT2D eigenvalue weighted by atomic mass is 9.93. The van der Waals surface area contributed by atoms with Gasteiger partial charge in [-0.15, -0.1) is 0 Å². The highest BCUT2D eigenvalue weighted by Crippen LogP contribution is 2.25. The SMILES string of the molecule is Cc1noc(C(C)C)c1C(=O)N[C@@H]1CCc2nc(C(C)(C)C)cn2C1. The maximum absolute atomic E-state index is 12.8. The third kappa shape index (κ3) is 3.48. The monoisotopic (exact) mass is 344 g/mol. The number of aromatic nitrogens is 3. The van der Waals surface area contributed by atoms with Gasteiger partial charge in [0.2, 0.25) is 0 Å². The third-order valence-corrected chi connectivity index (χ3v) is 4.74. The number of hydrogen-bond donors (Lipinski definition) is 1. The van der Waals surface area contributed by atoms with Gasteiger partial charge in [0.05, 0.1) is 11.4 Å². The lowest BCUT2D eigenvalue weighted by molar-refractivity contribution is 0.0924. The smallest absolute Gasteiger partial charge is 0.257 e. The summed E-state index contributed by atoms with van der Waals surface area (Å²) in [6, 6.07) is 0.0938. The molecule has 1 N–H and O–H groups in total. The normalized spacial score (nSPS) is 17.6. The molecule has 2 aromatic rings. The fraction of sp³-hybridized carbons (Fsp3) is 0.632. The van der Waals surface area contributed by atoms with E-state index in [-0.39, 0.29) is 23.3 Å². The molecule has 0 saturated heterocycles. The first-order valence-electron chi connectivity index (χ1n) is 9.00. The van der Waals surface area contributed by atoms with E-state index in [1.807, 2.05) is 20.8 Å². The van der Waals surface area contributed by atoms with Crippen LogP contribution < -0.4 is 5.32 Å². The van der Waals surface area contributed by atoms with Crippen LogP contribution in [-0.2, 0) is 18.4 Å². The van der Waals surface area contributed by atoms with Crippen molar-refractivity contribution >= 4 is 5.91 Å². The minimum Gasteiger partial charge on any atom is -0.360 e. The summed E-state index contributed by atoms with van der Waals surface area (Å²) in [6.07, 6.45) is 3.90. The molecule has 136 valence electrons. The predicted molar refractivity (Wildman–Crippen MR) is 95.8 cm³/mol. The van der Waals surface area contributed by atoms with Gasteiger partial charge in [-0.05, 0) is 13.3 Å². The van der Waals surface area contributed by atoms with Crippen LogP contribution in [0.2, 0.25) is 0 Å². The Morgan fingerprint density at radius 3 is 2.76 bits per heavy atom. The zero-order valence-corrected chi connectivity index (χ0v) is 16.0. The summed E-state index contributed by atoms with van der Waals surface area (Å²) in [5, 5.41) is 7.13. The van der Waals surface area contributed by atoms with Crippen LogP contribution in [0.15, 0.2) is 10.7 Å². The van der Waals surface area contributed by atoms with Crippen LogP contribution in [0, 0.1) is 6.92 Å². The van der Waals surface area contributed by atoms with E-state index in [9.17, 15) is 4.79 Å². The summed E-state index contributed by atoms with van der Waals surface area (Å²) >= 11 is 0. The Morgan fingerprint density at radius 1 is 1.40 bits per heavy atom. The van der Waals surface area contributed by atoms with Gasteiger partial charge in [0.15, 0.2) is 5.76 Å². The fourth-order valence-electron chi connectivity index (χ4n) is 3.24. The Labute approximate surface area is 149 Å². The molecule has 0 unspecified atom stereocenters. The molecule has 2 aromatic heterocycles. The van der Waals surface area contributed by atoms with Crippen molar-refractivity contribution in [3.8, 4) is 0 Å². The molecule has 1 atom stereocenters. The number of amides is 1. The lowest BCUT2D eigenvalue weighted by Gasteiger charge is -2.24. The van der Waals surface area contributed by atoms with Gasteiger partial charge in [-0.25, -0.2) is 4.98 Å². The van der Waals surface area contributed by atoms with Crippen LogP contribution in [0.5, 0.6) is 0 Å². The Bertz CT molecular complexity index is 780. The highest BCUT2D eigenvalue weighted by Gasteiger charge is 2.28. The summed E-state index contributed by atoms with van der Waals surface area (Å²) in [4.78, 5) is 17.5. The number of carbonyl (C=O) groups is 1. The van der Waals surface area contributed by atoms with Crippen LogP contribution in [0.4, 0.5) is 0 Å². The molecule has 1 amide bonds. The molecule has 1 aliphatic heterocycles. The summed E-state index contributed by atoms with van der Waals surface area (Å²) < 4.78 is 7.52. The number of carbonyl (C=O) groups excluding carboxylic acids is 1. The molecule has 0 spiro atoms. The van der Waals surface area contributed by atoms with E-state index in [4.69, 9.17) is 9.51 Å². The molecule has 6 heteroatoms. The van der Waals surface area contributed by atoms with E-state index in [1.165, 1.54) is 0 Å². The number of imidazole rings is 1. The van der Waals surface area contributed by atoms with Gasteiger partial charge in [-0.1, -0.05) is 39.8 Å². The van der Waals surface area contributed by atoms with Crippen molar-refractivity contribution in [3.05, 3.63) is 34.7 Å². The molecule has 0 aliphatic carbocycles. The highest BCUT2D eigenvalue weighted by molar-refractivity contribution is 5.96. The second kappa shape index (κ2) is 6.32. The molecule has 25 heavy (non-hydrogen) atoms. The van der Waals surface area contributed by atoms with Gasteiger partial charge in [-0.2, -0.15) is 0 Å². The highest BCUT2D eigenvalue weighted by atomic mass is 16.5. The Kier molecular flexibility index (Phi) is 4.47. The average molecular weight is 344 g/mol. The van der Waals surface area contributed by atoms with Crippen molar-refractivity contribution < 1.29 is 9.32 Å². The van der Waals surface area contributed by atoms with Crippen molar-refractivity contribution in [3.63, 3.8) is 0 Å². The summed E-state index contributed by atoms with van der Waals surface area (Å²) in [5.41, 5.74) is 2.37. The first kappa shape index (κ1) is 17.7. The molecule has 1 aliphatic rings. The van der Waals surface area contributed by atoms with E-state index in [0.29, 0.717) is 17.0 Å². The quantitative estimate of drug-likeness (QED) is 0.927. The van der Waals surface area contributed by atoms with Crippen LogP contribution in [-0.4, -0.2) is 26.7 Å². The molecule has 3 heterocycles. The molecule has 3 rings (SSSR count). The fourth-order valence-corrected chi connectivity index (χ4v) is 3.24. The van der Waals surface area contributed by atoms with E-state index in [2.05, 4.69) is 42.0 Å². The predicted octanol–water partition coefficient (Wildman–Crippen LogP) is 3.35. The minimum absolute atomic E-state index is 0.0365. The maximum atomic E-state index is 12.8.